The van der Waals surface area contributed by atoms with Crippen LogP contribution >= 0.6 is 0 Å². The molecule has 30 heavy (non-hydrogen) atoms. The molecule has 2 aromatic carbocycles. The van der Waals surface area contributed by atoms with Gasteiger partial charge in [0.05, 0.1) is 26.3 Å². The number of hydrogen-bond acceptors (Lipinski definition) is 5. The van der Waals surface area contributed by atoms with Gasteiger partial charge in [-0.2, -0.15) is 0 Å². The van der Waals surface area contributed by atoms with Crippen molar-refractivity contribution in [2.24, 2.45) is 0 Å². The Balaban J connectivity index is 0.00000450. The Morgan fingerprint density at radius 3 is 1.43 bits per heavy atom. The van der Waals surface area contributed by atoms with Crippen LogP contribution in [-0.4, -0.2) is 48.8 Å². The van der Waals surface area contributed by atoms with E-state index in [1.54, 1.807) is 12.1 Å². The Hall–Kier alpha value is -2.70. The van der Waals surface area contributed by atoms with Gasteiger partial charge < -0.3 is 19.4 Å². The summed E-state index contributed by atoms with van der Waals surface area (Å²) in [5, 5.41) is 0. The van der Waals surface area contributed by atoms with Crippen LogP contribution in [0.5, 0.6) is 11.5 Å². The summed E-state index contributed by atoms with van der Waals surface area (Å²) in [7, 11) is 4.22. The number of carbonyl (C=O) groups is 2. The number of benzene rings is 2. The van der Waals surface area contributed by atoms with Gasteiger partial charge in [-0.3, -0.25) is 9.59 Å². The zero-order chi connectivity index (χ0) is 21.6. The molecule has 0 aliphatic heterocycles. The lowest BCUT2D eigenvalue weighted by atomic mass is 10.1. The van der Waals surface area contributed by atoms with E-state index in [1.165, 1.54) is 0 Å². The van der Waals surface area contributed by atoms with Gasteiger partial charge in [0.15, 0.2) is 0 Å². The molecule has 0 saturated heterocycles. The summed E-state index contributed by atoms with van der Waals surface area (Å²) in [4.78, 5) is 22.5. The number of hydrogen-bond donors (Lipinski definition) is 0. The largest absolute Gasteiger partial charge is 0.870 e. The van der Waals surface area contributed by atoms with Crippen molar-refractivity contribution in [2.45, 2.75) is 53.0 Å². The van der Waals surface area contributed by atoms with Gasteiger partial charge in [0.1, 0.15) is 37.2 Å². The normalized spacial score (nSPS) is 11.2. The van der Waals surface area contributed by atoms with E-state index in [0.717, 1.165) is 35.2 Å². The van der Waals surface area contributed by atoms with Crippen molar-refractivity contribution in [1.82, 2.24) is 0 Å². The lowest BCUT2D eigenvalue weighted by molar-refractivity contribution is -0.916. The maximum absolute atomic E-state index is 11.3. The van der Waals surface area contributed by atoms with Gasteiger partial charge in [0.2, 0.25) is 0 Å². The third-order valence-corrected chi connectivity index (χ3v) is 4.36. The first-order valence-corrected chi connectivity index (χ1v) is 9.95. The minimum Gasteiger partial charge on any atom is -0.870 e. The third-order valence-electron chi connectivity index (χ3n) is 4.36. The molecule has 6 nitrogen and oxygen atoms in total. The van der Waals surface area contributed by atoms with Gasteiger partial charge in [0, 0.05) is 22.3 Å². The van der Waals surface area contributed by atoms with Crippen molar-refractivity contribution in [3.8, 4) is 11.5 Å². The molecule has 0 bridgehead atoms. The number of ether oxygens (including phenoxy) is 2. The maximum Gasteiger partial charge on any atom is 0.150 e. The summed E-state index contributed by atoms with van der Waals surface area (Å²) >= 11 is 0. The van der Waals surface area contributed by atoms with E-state index >= 15 is 0 Å². The van der Waals surface area contributed by atoms with E-state index in [4.69, 9.17) is 9.47 Å². The van der Waals surface area contributed by atoms with Crippen molar-refractivity contribution < 1.29 is 29.0 Å². The molecule has 0 radical (unpaired) electrons. The fraction of sp³-hybridized carbons (Fsp3) is 0.417. The summed E-state index contributed by atoms with van der Waals surface area (Å²) in [5.74, 6) is 1.58. The molecule has 0 heterocycles. The van der Waals surface area contributed by atoms with Crippen LogP contribution in [0.3, 0.4) is 0 Å². The average Bonchev–Trinajstić information content (AvgIpc) is 2.63. The molecule has 0 saturated carbocycles. The average molecular weight is 416 g/mol. The van der Waals surface area contributed by atoms with Gasteiger partial charge >= 0.3 is 0 Å². The van der Waals surface area contributed by atoms with Crippen LogP contribution in [-0.2, 0) is 13.1 Å². The van der Waals surface area contributed by atoms with Crippen molar-refractivity contribution in [2.75, 3.05) is 14.1 Å². The predicted octanol–water partition coefficient (Wildman–Crippen LogP) is 4.49. The second-order valence-corrected chi connectivity index (χ2v) is 8.56. The zero-order valence-electron chi connectivity index (χ0n) is 18.7. The highest BCUT2D eigenvalue weighted by atomic mass is 16.5. The number of aldehydes is 2. The van der Waals surface area contributed by atoms with E-state index in [0.29, 0.717) is 28.7 Å². The predicted molar refractivity (Wildman–Crippen MR) is 117 cm³/mol. The molecule has 0 unspecified atom stereocenters. The summed E-state index contributed by atoms with van der Waals surface area (Å²) in [6.45, 7) is 9.26. The SMILES string of the molecule is CC(C)Oc1ccc(C=O)cc1C[N+](C)(C)Cc1cc(C=O)ccc1OC(C)C.[OH-]. The lowest BCUT2D eigenvalue weighted by Gasteiger charge is -2.32. The number of rotatable bonds is 10. The Labute approximate surface area is 179 Å². The molecule has 0 fully saturated rings. The smallest absolute Gasteiger partial charge is 0.150 e. The fourth-order valence-electron chi connectivity index (χ4n) is 3.31. The number of carbonyl (C=O) groups excluding carboxylic acids is 2. The van der Waals surface area contributed by atoms with Crippen LogP contribution in [0, 0.1) is 0 Å². The topological polar surface area (TPSA) is 82.6 Å². The van der Waals surface area contributed by atoms with E-state index in [2.05, 4.69) is 14.1 Å². The van der Waals surface area contributed by atoms with Crippen LogP contribution in [0.25, 0.3) is 0 Å². The van der Waals surface area contributed by atoms with Gasteiger partial charge in [-0.1, -0.05) is 0 Å². The standard InChI is InChI=1S/C24H32NO4.H2O/c1-17(2)28-23-9-7-19(15-26)11-21(23)13-25(5,6)14-22-12-20(16-27)8-10-24(22)29-18(3)4;/h7-12,15-18H,13-14H2,1-6H3;1H2/q+1;/p-1. The van der Waals surface area contributed by atoms with E-state index in [1.807, 2.05) is 52.0 Å². The Morgan fingerprint density at radius 2 is 1.13 bits per heavy atom. The first kappa shape index (κ1) is 25.3. The minimum absolute atomic E-state index is 0. The summed E-state index contributed by atoms with van der Waals surface area (Å²) in [5.41, 5.74) is 3.21. The van der Waals surface area contributed by atoms with Crippen LogP contribution in [0.1, 0.15) is 59.5 Å². The molecule has 0 aliphatic rings. The minimum atomic E-state index is 0. The highest BCUT2D eigenvalue weighted by molar-refractivity contribution is 5.76. The van der Waals surface area contributed by atoms with E-state index in [9.17, 15) is 9.59 Å². The molecule has 0 aromatic heterocycles. The molecule has 0 spiro atoms. The van der Waals surface area contributed by atoms with Gasteiger partial charge in [-0.25, -0.2) is 0 Å². The quantitative estimate of drug-likeness (QED) is 0.422. The van der Waals surface area contributed by atoms with Gasteiger partial charge in [-0.15, -0.1) is 0 Å². The Bertz CT molecular complexity index is 789. The molecule has 2 aromatic rings. The molecule has 2 rings (SSSR count). The van der Waals surface area contributed by atoms with Crippen molar-refractivity contribution in [1.29, 1.82) is 0 Å². The highest BCUT2D eigenvalue weighted by Crippen LogP contribution is 2.28. The van der Waals surface area contributed by atoms with Crippen molar-refractivity contribution in [3.63, 3.8) is 0 Å². The lowest BCUT2D eigenvalue weighted by Crippen LogP contribution is -2.38. The molecule has 164 valence electrons. The second kappa shape index (κ2) is 10.9. The van der Waals surface area contributed by atoms with Crippen LogP contribution in [0.2, 0.25) is 0 Å². The monoisotopic (exact) mass is 415 g/mol. The third kappa shape index (κ3) is 7.28. The van der Waals surface area contributed by atoms with Crippen molar-refractivity contribution >= 4 is 12.6 Å². The summed E-state index contributed by atoms with van der Waals surface area (Å²) in [6.07, 6.45) is 1.79. The molecular formula is C24H33NO5. The van der Waals surface area contributed by atoms with Gasteiger partial charge in [-0.05, 0) is 64.1 Å². The van der Waals surface area contributed by atoms with Crippen LogP contribution < -0.4 is 9.47 Å². The number of nitrogens with zero attached hydrogens (tertiary/aromatic N) is 1. The zero-order valence-corrected chi connectivity index (χ0v) is 18.7. The fourth-order valence-corrected chi connectivity index (χ4v) is 3.31. The highest BCUT2D eigenvalue weighted by Gasteiger charge is 2.23. The molecule has 0 aliphatic carbocycles. The van der Waals surface area contributed by atoms with Gasteiger partial charge in [0.25, 0.3) is 0 Å². The molecule has 1 N–H and O–H groups in total. The Morgan fingerprint density at radius 1 is 0.767 bits per heavy atom. The van der Waals surface area contributed by atoms with Crippen LogP contribution in [0.15, 0.2) is 36.4 Å². The maximum atomic E-state index is 11.3. The Kier molecular flexibility index (Phi) is 9.21. The number of quaternary nitrogens is 1. The molecule has 0 amide bonds. The summed E-state index contributed by atoms with van der Waals surface area (Å²) in [6, 6.07) is 11.0. The first-order valence-electron chi connectivity index (χ1n) is 9.95. The summed E-state index contributed by atoms with van der Waals surface area (Å²) < 4.78 is 12.5. The van der Waals surface area contributed by atoms with E-state index in [-0.39, 0.29) is 17.7 Å². The van der Waals surface area contributed by atoms with E-state index < -0.39 is 0 Å². The second-order valence-electron chi connectivity index (χ2n) is 8.56. The molecule has 6 heteroatoms. The van der Waals surface area contributed by atoms with Crippen LogP contribution in [0.4, 0.5) is 0 Å². The molecule has 0 atom stereocenters. The van der Waals surface area contributed by atoms with Crippen molar-refractivity contribution in [3.05, 3.63) is 58.7 Å². The first-order chi connectivity index (χ1) is 13.6. The molecular weight excluding hydrogens is 382 g/mol.